The molecule has 0 heterocycles. The Hall–Kier alpha value is -1.45. The van der Waals surface area contributed by atoms with Gasteiger partial charge in [-0.25, -0.2) is 0 Å². The van der Waals surface area contributed by atoms with Gasteiger partial charge in [0.2, 0.25) is 0 Å². The fraction of sp³-hybridized carbons (Fsp3) is 0.200. The summed E-state index contributed by atoms with van der Waals surface area (Å²) in [4.78, 5) is 1.21. The minimum Gasteiger partial charge on any atom is -0.497 e. The van der Waals surface area contributed by atoms with Gasteiger partial charge in [-0.05, 0) is 29.8 Å². The van der Waals surface area contributed by atoms with Crippen LogP contribution in [0.3, 0.4) is 0 Å². The molecule has 0 aromatic heterocycles. The van der Waals surface area contributed by atoms with Gasteiger partial charge in [-0.3, -0.25) is 0 Å². The fourth-order valence-corrected chi connectivity index (χ4v) is 2.55. The number of ether oxygens (including phenoxy) is 1. The number of hydrogen-bond acceptors (Lipinski definition) is 3. The van der Waals surface area contributed by atoms with E-state index in [1.807, 2.05) is 30.3 Å². The fourth-order valence-electron chi connectivity index (χ4n) is 1.65. The van der Waals surface area contributed by atoms with E-state index < -0.39 is 0 Å². The van der Waals surface area contributed by atoms with Crippen molar-refractivity contribution in [2.24, 2.45) is 5.73 Å². The second-order valence-electron chi connectivity index (χ2n) is 4.00. The summed E-state index contributed by atoms with van der Waals surface area (Å²) in [6.07, 6.45) is 0. The molecule has 18 heavy (non-hydrogen) atoms. The number of rotatable bonds is 5. The van der Waals surface area contributed by atoms with Gasteiger partial charge in [-0.1, -0.05) is 30.3 Å². The van der Waals surface area contributed by atoms with Crippen LogP contribution in [-0.4, -0.2) is 12.9 Å². The molecule has 0 fully saturated rings. The van der Waals surface area contributed by atoms with E-state index in [1.54, 1.807) is 18.9 Å². The summed E-state index contributed by atoms with van der Waals surface area (Å²) in [5.41, 5.74) is 7.33. The van der Waals surface area contributed by atoms with E-state index in [-0.39, 0.29) is 6.04 Å². The first-order valence-corrected chi connectivity index (χ1v) is 6.85. The van der Waals surface area contributed by atoms with Gasteiger partial charge >= 0.3 is 0 Å². The molecule has 2 aromatic carbocycles. The van der Waals surface area contributed by atoms with Crippen LogP contribution >= 0.6 is 11.8 Å². The Morgan fingerprint density at radius 2 is 1.72 bits per heavy atom. The van der Waals surface area contributed by atoms with Crippen molar-refractivity contribution in [3.63, 3.8) is 0 Å². The van der Waals surface area contributed by atoms with Crippen LogP contribution < -0.4 is 10.5 Å². The summed E-state index contributed by atoms with van der Waals surface area (Å²) >= 11 is 1.76. The van der Waals surface area contributed by atoms with Gasteiger partial charge in [0.25, 0.3) is 0 Å². The van der Waals surface area contributed by atoms with Crippen molar-refractivity contribution in [2.45, 2.75) is 10.9 Å². The van der Waals surface area contributed by atoms with Crippen molar-refractivity contribution in [3.05, 3.63) is 60.2 Å². The Morgan fingerprint density at radius 3 is 2.33 bits per heavy atom. The van der Waals surface area contributed by atoms with E-state index in [2.05, 4.69) is 24.3 Å². The molecule has 94 valence electrons. The number of thioether (sulfide) groups is 1. The molecule has 1 atom stereocenters. The second-order valence-corrected chi connectivity index (χ2v) is 5.10. The van der Waals surface area contributed by atoms with E-state index in [9.17, 15) is 0 Å². The standard InChI is InChI=1S/C15H17NOS/c1-17-13-7-9-14(10-8-13)18-11-15(16)12-5-3-2-4-6-12/h2-10,15H,11,16H2,1H3. The summed E-state index contributed by atoms with van der Waals surface area (Å²) in [6.45, 7) is 0. The Bertz CT molecular complexity index is 470. The van der Waals surface area contributed by atoms with Crippen LogP contribution in [0.2, 0.25) is 0 Å². The first-order chi connectivity index (χ1) is 8.79. The van der Waals surface area contributed by atoms with Gasteiger partial charge in [0.1, 0.15) is 5.75 Å². The maximum atomic E-state index is 6.15. The molecular formula is C15H17NOS. The van der Waals surface area contributed by atoms with Gasteiger partial charge in [0, 0.05) is 16.7 Å². The SMILES string of the molecule is COc1ccc(SCC(N)c2ccccc2)cc1. The van der Waals surface area contributed by atoms with Gasteiger partial charge in [0.05, 0.1) is 7.11 Å². The highest BCUT2D eigenvalue weighted by Gasteiger charge is 2.05. The Morgan fingerprint density at radius 1 is 1.06 bits per heavy atom. The summed E-state index contributed by atoms with van der Waals surface area (Å²) in [6, 6.07) is 18.3. The van der Waals surface area contributed by atoms with Gasteiger partial charge in [-0.15, -0.1) is 11.8 Å². The average Bonchev–Trinajstić information content (AvgIpc) is 2.46. The lowest BCUT2D eigenvalue weighted by Crippen LogP contribution is -2.12. The van der Waals surface area contributed by atoms with Crippen molar-refractivity contribution < 1.29 is 4.74 Å². The smallest absolute Gasteiger partial charge is 0.118 e. The summed E-state index contributed by atoms with van der Waals surface area (Å²) in [7, 11) is 1.67. The molecule has 0 saturated carbocycles. The zero-order chi connectivity index (χ0) is 12.8. The molecule has 0 bridgehead atoms. The third-order valence-corrected chi connectivity index (χ3v) is 3.85. The maximum Gasteiger partial charge on any atom is 0.118 e. The van der Waals surface area contributed by atoms with Gasteiger partial charge in [0.15, 0.2) is 0 Å². The van der Waals surface area contributed by atoms with E-state index in [0.717, 1.165) is 11.5 Å². The van der Waals surface area contributed by atoms with E-state index in [4.69, 9.17) is 10.5 Å². The second kappa shape index (κ2) is 6.47. The molecule has 0 radical (unpaired) electrons. The van der Waals surface area contributed by atoms with Crippen molar-refractivity contribution in [3.8, 4) is 5.75 Å². The van der Waals surface area contributed by atoms with Gasteiger partial charge in [-0.2, -0.15) is 0 Å². The van der Waals surface area contributed by atoms with E-state index in [0.29, 0.717) is 0 Å². The summed E-state index contributed by atoms with van der Waals surface area (Å²) in [5.74, 6) is 1.75. The van der Waals surface area contributed by atoms with Crippen molar-refractivity contribution in [1.29, 1.82) is 0 Å². The molecule has 0 aliphatic heterocycles. The minimum absolute atomic E-state index is 0.0679. The van der Waals surface area contributed by atoms with Crippen molar-refractivity contribution >= 4 is 11.8 Å². The normalized spacial score (nSPS) is 12.1. The lowest BCUT2D eigenvalue weighted by atomic mass is 10.1. The van der Waals surface area contributed by atoms with Crippen LogP contribution in [0.4, 0.5) is 0 Å². The number of hydrogen-bond donors (Lipinski definition) is 1. The van der Waals surface area contributed by atoms with E-state index in [1.165, 1.54) is 10.5 Å². The summed E-state index contributed by atoms with van der Waals surface area (Å²) in [5, 5.41) is 0. The molecule has 2 aromatic rings. The lowest BCUT2D eigenvalue weighted by molar-refractivity contribution is 0.414. The monoisotopic (exact) mass is 259 g/mol. The van der Waals surface area contributed by atoms with Crippen molar-refractivity contribution in [2.75, 3.05) is 12.9 Å². The first-order valence-electron chi connectivity index (χ1n) is 5.87. The predicted molar refractivity (Wildman–Crippen MR) is 77.1 cm³/mol. The Balaban J connectivity index is 1.91. The molecular weight excluding hydrogens is 242 g/mol. The van der Waals surface area contributed by atoms with Crippen LogP contribution in [0.25, 0.3) is 0 Å². The van der Waals surface area contributed by atoms with Crippen LogP contribution in [0.1, 0.15) is 11.6 Å². The van der Waals surface area contributed by atoms with Crippen LogP contribution in [0.5, 0.6) is 5.75 Å². The average molecular weight is 259 g/mol. The molecule has 0 saturated heterocycles. The lowest BCUT2D eigenvalue weighted by Gasteiger charge is -2.11. The third-order valence-electron chi connectivity index (χ3n) is 2.72. The highest BCUT2D eigenvalue weighted by Crippen LogP contribution is 2.25. The molecule has 2 nitrogen and oxygen atoms in total. The topological polar surface area (TPSA) is 35.2 Å². The first kappa shape index (κ1) is 13.0. The molecule has 2 rings (SSSR count). The zero-order valence-corrected chi connectivity index (χ0v) is 11.2. The molecule has 0 spiro atoms. The Labute approximate surface area is 112 Å². The molecule has 2 N–H and O–H groups in total. The quantitative estimate of drug-likeness (QED) is 0.835. The minimum atomic E-state index is 0.0679. The zero-order valence-electron chi connectivity index (χ0n) is 10.4. The molecule has 3 heteroatoms. The Kier molecular flexibility index (Phi) is 4.67. The predicted octanol–water partition coefficient (Wildman–Crippen LogP) is 3.49. The van der Waals surface area contributed by atoms with Crippen LogP contribution in [0, 0.1) is 0 Å². The van der Waals surface area contributed by atoms with Gasteiger partial charge < -0.3 is 10.5 Å². The van der Waals surface area contributed by atoms with Crippen molar-refractivity contribution in [1.82, 2.24) is 0 Å². The molecule has 0 aliphatic rings. The number of nitrogens with two attached hydrogens (primary N) is 1. The molecule has 0 amide bonds. The third kappa shape index (κ3) is 3.52. The highest BCUT2D eigenvalue weighted by molar-refractivity contribution is 7.99. The van der Waals surface area contributed by atoms with E-state index >= 15 is 0 Å². The van der Waals surface area contributed by atoms with Crippen LogP contribution in [0.15, 0.2) is 59.5 Å². The highest BCUT2D eigenvalue weighted by atomic mass is 32.2. The maximum absolute atomic E-state index is 6.15. The number of methoxy groups -OCH3 is 1. The molecule has 1 unspecified atom stereocenters. The number of benzene rings is 2. The summed E-state index contributed by atoms with van der Waals surface area (Å²) < 4.78 is 5.13. The molecule has 0 aliphatic carbocycles. The largest absolute Gasteiger partial charge is 0.497 e. The van der Waals surface area contributed by atoms with Crippen LogP contribution in [-0.2, 0) is 0 Å².